The molecule has 5 nitrogen and oxygen atoms in total. The Morgan fingerprint density at radius 3 is 2.62 bits per heavy atom. The van der Waals surface area contributed by atoms with Gasteiger partial charge in [-0.1, -0.05) is 0 Å². The summed E-state index contributed by atoms with van der Waals surface area (Å²) in [5, 5.41) is 2.12. The van der Waals surface area contributed by atoms with Crippen LogP contribution in [0, 0.1) is 6.92 Å². The number of anilines is 1. The van der Waals surface area contributed by atoms with Crippen molar-refractivity contribution < 1.29 is 33.0 Å². The molecular formula is C15H18F3N3O2S+2. The highest BCUT2D eigenvalue weighted by Gasteiger charge is 2.38. The average molecular weight is 361 g/mol. The first kappa shape index (κ1) is 17.0. The first-order valence-electron chi connectivity index (χ1n) is 7.54. The number of esters is 1. The number of nitrogens with zero attached hydrogens (tertiary/aromatic N) is 1. The number of nitrogens with one attached hydrogen (secondary N) is 1. The van der Waals surface area contributed by atoms with Crippen molar-refractivity contribution in [3.8, 4) is 0 Å². The fourth-order valence-electron chi connectivity index (χ4n) is 2.94. The molecule has 2 aromatic heterocycles. The smallest absolute Gasteiger partial charge is 0.418 e. The van der Waals surface area contributed by atoms with Crippen LogP contribution in [0.25, 0.3) is 10.2 Å². The third kappa shape index (κ3) is 2.93. The predicted octanol–water partition coefficient (Wildman–Crippen LogP) is 1.21. The van der Waals surface area contributed by atoms with E-state index in [0.29, 0.717) is 23.8 Å². The van der Waals surface area contributed by atoms with E-state index in [0.717, 1.165) is 30.5 Å². The number of carbonyl (C=O) groups is 1. The molecule has 0 unspecified atom stereocenters. The molecule has 1 aliphatic heterocycles. The quantitative estimate of drug-likeness (QED) is 0.818. The van der Waals surface area contributed by atoms with Crippen molar-refractivity contribution in [2.45, 2.75) is 13.1 Å². The number of hydrogen-bond acceptors (Lipinski definition) is 4. The number of quaternary nitrogens is 1. The van der Waals surface area contributed by atoms with E-state index in [4.69, 9.17) is 4.74 Å². The number of piperazine rings is 1. The minimum Gasteiger partial charge on any atom is -0.465 e. The van der Waals surface area contributed by atoms with Gasteiger partial charge in [-0.05, 0) is 6.92 Å². The summed E-state index contributed by atoms with van der Waals surface area (Å²) in [6.07, 6.45) is -4.49. The van der Waals surface area contributed by atoms with E-state index in [1.165, 1.54) is 7.11 Å². The number of pyridine rings is 1. The average Bonchev–Trinajstić information content (AvgIpc) is 2.88. The van der Waals surface area contributed by atoms with Gasteiger partial charge in [0.2, 0.25) is 0 Å². The normalized spacial score (nSPS) is 15.8. The van der Waals surface area contributed by atoms with Gasteiger partial charge in [-0.25, -0.2) is 9.78 Å². The Hall–Kier alpha value is -1.87. The fourth-order valence-corrected chi connectivity index (χ4v) is 4.07. The number of methoxy groups -OCH3 is 1. The van der Waals surface area contributed by atoms with Gasteiger partial charge in [0.05, 0.1) is 17.4 Å². The molecule has 9 heteroatoms. The van der Waals surface area contributed by atoms with E-state index in [1.54, 1.807) is 6.92 Å². The van der Waals surface area contributed by atoms with E-state index >= 15 is 0 Å². The van der Waals surface area contributed by atoms with Crippen molar-refractivity contribution in [1.29, 1.82) is 0 Å². The highest BCUT2D eigenvalue weighted by Crippen LogP contribution is 2.40. The predicted molar refractivity (Wildman–Crippen MR) is 83.3 cm³/mol. The number of aromatic amines is 1. The molecule has 0 aliphatic carbocycles. The van der Waals surface area contributed by atoms with Gasteiger partial charge in [0.25, 0.3) is 5.82 Å². The van der Waals surface area contributed by atoms with Crippen molar-refractivity contribution in [2.24, 2.45) is 0 Å². The lowest BCUT2D eigenvalue weighted by Gasteiger charge is -2.20. The maximum absolute atomic E-state index is 13.5. The van der Waals surface area contributed by atoms with Crippen LogP contribution in [0.5, 0.6) is 0 Å². The van der Waals surface area contributed by atoms with E-state index in [9.17, 15) is 18.0 Å². The van der Waals surface area contributed by atoms with E-state index < -0.39 is 17.7 Å². The lowest BCUT2D eigenvalue weighted by molar-refractivity contribution is -0.656. The van der Waals surface area contributed by atoms with Crippen molar-refractivity contribution >= 4 is 33.3 Å². The minimum atomic E-state index is -4.49. The van der Waals surface area contributed by atoms with Crippen LogP contribution in [0.3, 0.4) is 0 Å². The number of aryl methyl sites for hydroxylation is 1. The van der Waals surface area contributed by atoms with Crippen LogP contribution in [0.4, 0.5) is 19.0 Å². The third-order valence-electron chi connectivity index (χ3n) is 4.10. The highest BCUT2D eigenvalue weighted by molar-refractivity contribution is 7.19. The van der Waals surface area contributed by atoms with Gasteiger partial charge in [0.1, 0.15) is 31.7 Å². The van der Waals surface area contributed by atoms with Gasteiger partial charge in [-0.15, -0.1) is 11.3 Å². The van der Waals surface area contributed by atoms with Crippen LogP contribution in [0.1, 0.15) is 20.8 Å². The molecule has 24 heavy (non-hydrogen) atoms. The zero-order valence-corrected chi connectivity index (χ0v) is 14.1. The summed E-state index contributed by atoms with van der Waals surface area (Å²) in [6.45, 7) is 4.56. The number of halogens is 3. The number of rotatable bonds is 2. The van der Waals surface area contributed by atoms with Crippen LogP contribution >= 0.6 is 11.3 Å². The Labute approximate surface area is 140 Å². The summed E-state index contributed by atoms with van der Waals surface area (Å²) in [4.78, 5) is 17.4. The summed E-state index contributed by atoms with van der Waals surface area (Å²) in [7, 11) is 1.22. The SMILES string of the molecule is COC(=O)c1c(C)sc2c(C(F)(F)F)cc(N3CC[NH2+]CC3)[nH+]c12. The molecule has 0 saturated carbocycles. The summed E-state index contributed by atoms with van der Waals surface area (Å²) >= 11 is 0.955. The second-order valence-corrected chi connectivity index (χ2v) is 6.87. The summed E-state index contributed by atoms with van der Waals surface area (Å²) in [5.41, 5.74) is -0.346. The molecule has 0 atom stereocenters. The second kappa shape index (κ2) is 6.21. The molecule has 0 aromatic carbocycles. The first-order valence-corrected chi connectivity index (χ1v) is 8.36. The number of alkyl halides is 3. The monoisotopic (exact) mass is 361 g/mol. The number of hydrogen-bond donors (Lipinski definition) is 1. The van der Waals surface area contributed by atoms with Gasteiger partial charge in [-0.3, -0.25) is 4.90 Å². The fraction of sp³-hybridized carbons (Fsp3) is 0.467. The third-order valence-corrected chi connectivity index (χ3v) is 5.24. The molecule has 3 heterocycles. The summed E-state index contributed by atoms with van der Waals surface area (Å²) < 4.78 is 45.4. The number of H-pyrrole nitrogens is 1. The van der Waals surface area contributed by atoms with Crippen LogP contribution < -0.4 is 15.2 Å². The number of ether oxygens (including phenoxy) is 1. The lowest BCUT2D eigenvalue weighted by Crippen LogP contribution is -2.90. The molecule has 0 amide bonds. The molecule has 3 rings (SSSR count). The molecule has 0 bridgehead atoms. The van der Waals surface area contributed by atoms with E-state index in [1.807, 2.05) is 4.90 Å². The molecule has 130 valence electrons. The summed E-state index contributed by atoms with van der Waals surface area (Å²) in [5.74, 6) is -0.252. The van der Waals surface area contributed by atoms with Gasteiger partial charge >= 0.3 is 12.1 Å². The van der Waals surface area contributed by atoms with Crippen LogP contribution in [0.15, 0.2) is 6.07 Å². The first-order chi connectivity index (χ1) is 11.3. The Bertz CT molecular complexity index is 782. The van der Waals surface area contributed by atoms with Gasteiger partial charge in [0.15, 0.2) is 5.52 Å². The zero-order chi connectivity index (χ0) is 17.5. The number of aromatic nitrogens is 1. The van der Waals surface area contributed by atoms with Crippen LogP contribution in [-0.4, -0.2) is 39.3 Å². The van der Waals surface area contributed by atoms with E-state index in [-0.39, 0.29) is 15.8 Å². The molecular weight excluding hydrogens is 343 g/mol. The summed E-state index contributed by atoms with van der Waals surface area (Å²) in [6, 6.07) is 1.14. The molecule has 3 N–H and O–H groups in total. The number of fused-ring (bicyclic) bond motifs is 1. The lowest BCUT2D eigenvalue weighted by atomic mass is 10.1. The van der Waals surface area contributed by atoms with Crippen molar-refractivity contribution in [1.82, 2.24) is 0 Å². The Balaban J connectivity index is 2.25. The van der Waals surface area contributed by atoms with Crippen LogP contribution in [-0.2, 0) is 10.9 Å². The molecule has 0 radical (unpaired) electrons. The van der Waals surface area contributed by atoms with E-state index in [2.05, 4.69) is 10.3 Å². The van der Waals surface area contributed by atoms with Crippen molar-refractivity contribution in [3.63, 3.8) is 0 Å². The Morgan fingerprint density at radius 1 is 1.38 bits per heavy atom. The minimum absolute atomic E-state index is 0.0349. The van der Waals surface area contributed by atoms with Crippen molar-refractivity contribution in [3.05, 3.63) is 22.1 Å². The zero-order valence-electron chi connectivity index (χ0n) is 13.3. The molecule has 2 aromatic rings. The van der Waals surface area contributed by atoms with Gasteiger partial charge < -0.3 is 10.1 Å². The Kier molecular flexibility index (Phi) is 4.39. The van der Waals surface area contributed by atoms with Gasteiger partial charge in [0, 0.05) is 10.9 Å². The van der Waals surface area contributed by atoms with Gasteiger partial charge in [-0.2, -0.15) is 13.2 Å². The standard InChI is InChI=1S/C15H16F3N3O2S/c1-8-11(14(22)23-2)12-13(24-8)9(15(16,17)18)7-10(20-12)21-5-3-19-4-6-21/h7,19H,3-6H2,1-2H3/p+2. The maximum atomic E-state index is 13.5. The van der Waals surface area contributed by atoms with Crippen molar-refractivity contribution in [2.75, 3.05) is 38.2 Å². The molecule has 1 fully saturated rings. The number of nitrogens with two attached hydrogens (primary N) is 1. The number of carbonyl (C=O) groups excluding carboxylic acids is 1. The largest absolute Gasteiger partial charge is 0.465 e. The highest BCUT2D eigenvalue weighted by atomic mass is 32.1. The van der Waals surface area contributed by atoms with Crippen LogP contribution in [0.2, 0.25) is 0 Å². The second-order valence-electron chi connectivity index (χ2n) is 5.65. The molecule has 1 saturated heterocycles. The topological polar surface area (TPSA) is 60.3 Å². The molecule has 0 spiro atoms. The Morgan fingerprint density at radius 2 is 2.04 bits per heavy atom. The molecule has 1 aliphatic rings. The maximum Gasteiger partial charge on any atom is 0.418 e. The number of thiophene rings is 1.